The molecule has 0 aromatic carbocycles. The van der Waals surface area contributed by atoms with Crippen molar-refractivity contribution in [2.75, 3.05) is 20.2 Å². The number of aromatic nitrogens is 1. The van der Waals surface area contributed by atoms with Crippen LogP contribution in [-0.2, 0) is 14.8 Å². The van der Waals surface area contributed by atoms with E-state index in [4.69, 9.17) is 9.84 Å². The third kappa shape index (κ3) is 2.61. The number of methoxy groups -OCH3 is 1. The fraction of sp³-hybridized carbons (Fsp3) is 0.500. The van der Waals surface area contributed by atoms with Crippen LogP contribution in [0, 0.1) is 11.8 Å². The van der Waals surface area contributed by atoms with Gasteiger partial charge in [-0.25, -0.2) is 13.4 Å². The Bertz CT molecular complexity index is 599. The quantitative estimate of drug-likeness (QED) is 0.866. The van der Waals surface area contributed by atoms with Crippen LogP contribution in [0.15, 0.2) is 23.2 Å². The Labute approximate surface area is 117 Å². The van der Waals surface area contributed by atoms with Crippen LogP contribution >= 0.6 is 0 Å². The summed E-state index contributed by atoms with van der Waals surface area (Å²) in [4.78, 5) is 15.0. The van der Waals surface area contributed by atoms with E-state index in [1.807, 2.05) is 0 Å². The van der Waals surface area contributed by atoms with Gasteiger partial charge in [0.2, 0.25) is 15.9 Å². The Kier molecular flexibility index (Phi) is 3.96. The number of rotatable bonds is 4. The second-order valence-electron chi connectivity index (χ2n) is 4.78. The number of aliphatic carboxylic acids is 1. The van der Waals surface area contributed by atoms with Crippen LogP contribution in [0.25, 0.3) is 0 Å². The summed E-state index contributed by atoms with van der Waals surface area (Å²) in [5.74, 6) is -1.53. The molecule has 1 aliphatic rings. The van der Waals surface area contributed by atoms with Gasteiger partial charge in [0.1, 0.15) is 4.90 Å². The van der Waals surface area contributed by atoms with Gasteiger partial charge in [-0.05, 0) is 12.0 Å². The number of carboxylic acid groups (broad SMARTS) is 1. The lowest BCUT2D eigenvalue weighted by Crippen LogP contribution is -2.30. The first-order valence-electron chi connectivity index (χ1n) is 6.09. The van der Waals surface area contributed by atoms with Crippen molar-refractivity contribution in [2.24, 2.45) is 11.8 Å². The number of hydrogen-bond donors (Lipinski definition) is 1. The second kappa shape index (κ2) is 5.37. The summed E-state index contributed by atoms with van der Waals surface area (Å²) >= 11 is 0. The highest BCUT2D eigenvalue weighted by atomic mass is 32.2. The fourth-order valence-corrected chi connectivity index (χ4v) is 3.74. The smallest absolute Gasteiger partial charge is 0.308 e. The molecule has 0 amide bonds. The topological polar surface area (TPSA) is 96.8 Å². The van der Waals surface area contributed by atoms with Crippen LogP contribution < -0.4 is 4.74 Å². The van der Waals surface area contributed by atoms with E-state index in [2.05, 4.69) is 4.98 Å². The third-order valence-corrected chi connectivity index (χ3v) is 5.27. The van der Waals surface area contributed by atoms with Gasteiger partial charge in [-0.2, -0.15) is 4.31 Å². The summed E-state index contributed by atoms with van der Waals surface area (Å²) in [5.41, 5.74) is 0. The summed E-state index contributed by atoms with van der Waals surface area (Å²) in [6.45, 7) is 1.93. The van der Waals surface area contributed by atoms with Crippen molar-refractivity contribution in [3.63, 3.8) is 0 Å². The van der Waals surface area contributed by atoms with Gasteiger partial charge in [-0.3, -0.25) is 4.79 Å². The molecule has 2 atom stereocenters. The number of hydrogen-bond acceptors (Lipinski definition) is 5. The van der Waals surface area contributed by atoms with Crippen molar-refractivity contribution in [2.45, 2.75) is 11.8 Å². The molecule has 0 bridgehead atoms. The van der Waals surface area contributed by atoms with Crippen LogP contribution in [0.1, 0.15) is 6.92 Å². The van der Waals surface area contributed by atoms with E-state index in [1.54, 1.807) is 6.92 Å². The SMILES string of the molecule is COc1ccc(S(=O)(=O)N2C[C@@H](C)[C@H](C(=O)O)C2)cn1. The Morgan fingerprint density at radius 3 is 2.60 bits per heavy atom. The molecule has 7 nitrogen and oxygen atoms in total. The highest BCUT2D eigenvalue weighted by Gasteiger charge is 2.40. The number of carbonyl (C=O) groups is 1. The highest BCUT2D eigenvalue weighted by molar-refractivity contribution is 7.89. The molecule has 1 saturated heterocycles. The van der Waals surface area contributed by atoms with Crippen LogP contribution in [-0.4, -0.2) is 49.0 Å². The first kappa shape index (κ1) is 14.7. The van der Waals surface area contributed by atoms with Crippen molar-refractivity contribution >= 4 is 16.0 Å². The minimum Gasteiger partial charge on any atom is -0.481 e. The van der Waals surface area contributed by atoms with E-state index < -0.39 is 21.9 Å². The lowest BCUT2D eigenvalue weighted by atomic mass is 9.99. The van der Waals surface area contributed by atoms with Gasteiger partial charge in [0.15, 0.2) is 0 Å². The van der Waals surface area contributed by atoms with E-state index >= 15 is 0 Å². The predicted octanol–water partition coefficient (Wildman–Crippen LogP) is 0.431. The Morgan fingerprint density at radius 2 is 2.15 bits per heavy atom. The number of carboxylic acids is 1. The van der Waals surface area contributed by atoms with E-state index in [0.29, 0.717) is 5.88 Å². The molecule has 110 valence electrons. The predicted molar refractivity (Wildman–Crippen MR) is 69.8 cm³/mol. The van der Waals surface area contributed by atoms with Crippen molar-refractivity contribution in [1.82, 2.24) is 9.29 Å². The van der Waals surface area contributed by atoms with Crippen LogP contribution in [0.3, 0.4) is 0 Å². The molecule has 0 spiro atoms. The Balaban J connectivity index is 2.25. The number of sulfonamides is 1. The summed E-state index contributed by atoms with van der Waals surface area (Å²) in [6, 6.07) is 2.86. The monoisotopic (exact) mass is 300 g/mol. The standard InChI is InChI=1S/C12H16N2O5S/c1-8-6-14(7-10(8)12(15)16)20(17,18)9-3-4-11(19-2)13-5-9/h3-5,8,10H,6-7H2,1-2H3,(H,15,16)/t8-,10-/m1/s1. The van der Waals surface area contributed by atoms with E-state index in [9.17, 15) is 13.2 Å². The van der Waals surface area contributed by atoms with Crippen LogP contribution in [0.5, 0.6) is 5.88 Å². The number of ether oxygens (including phenoxy) is 1. The van der Waals surface area contributed by atoms with Gasteiger partial charge in [0.05, 0.1) is 19.2 Å². The molecular formula is C12H16N2O5S. The minimum atomic E-state index is -3.71. The summed E-state index contributed by atoms with van der Waals surface area (Å²) in [7, 11) is -2.27. The van der Waals surface area contributed by atoms with Gasteiger partial charge in [-0.1, -0.05) is 6.92 Å². The van der Waals surface area contributed by atoms with Crippen molar-refractivity contribution < 1.29 is 23.1 Å². The molecule has 20 heavy (non-hydrogen) atoms. The van der Waals surface area contributed by atoms with Crippen molar-refractivity contribution in [3.8, 4) is 5.88 Å². The lowest BCUT2D eigenvalue weighted by Gasteiger charge is -2.15. The molecule has 2 rings (SSSR count). The second-order valence-corrected chi connectivity index (χ2v) is 6.72. The molecule has 0 aliphatic carbocycles. The maximum atomic E-state index is 12.4. The van der Waals surface area contributed by atoms with Gasteiger partial charge >= 0.3 is 5.97 Å². The molecule has 0 saturated carbocycles. The maximum Gasteiger partial charge on any atom is 0.308 e. The number of nitrogens with zero attached hydrogens (tertiary/aromatic N) is 2. The van der Waals surface area contributed by atoms with Crippen LogP contribution in [0.4, 0.5) is 0 Å². The van der Waals surface area contributed by atoms with Gasteiger partial charge in [-0.15, -0.1) is 0 Å². The van der Waals surface area contributed by atoms with Crippen molar-refractivity contribution in [3.05, 3.63) is 18.3 Å². The molecule has 1 aliphatic heterocycles. The van der Waals surface area contributed by atoms with Gasteiger partial charge in [0.25, 0.3) is 0 Å². The zero-order valence-corrected chi connectivity index (χ0v) is 12.0. The normalized spacial score (nSPS) is 23.7. The zero-order chi connectivity index (χ0) is 14.9. The van der Waals surface area contributed by atoms with E-state index in [1.165, 1.54) is 29.7 Å². The Morgan fingerprint density at radius 1 is 1.45 bits per heavy atom. The first-order chi connectivity index (χ1) is 9.36. The number of pyridine rings is 1. The summed E-state index contributed by atoms with van der Waals surface area (Å²) in [5, 5.41) is 9.06. The van der Waals surface area contributed by atoms with E-state index in [0.717, 1.165) is 0 Å². The molecule has 2 heterocycles. The molecule has 1 N–H and O–H groups in total. The molecule has 0 radical (unpaired) electrons. The van der Waals surface area contributed by atoms with Gasteiger partial charge < -0.3 is 9.84 Å². The molecule has 8 heteroatoms. The maximum absolute atomic E-state index is 12.4. The molecular weight excluding hydrogens is 284 g/mol. The zero-order valence-electron chi connectivity index (χ0n) is 11.2. The highest BCUT2D eigenvalue weighted by Crippen LogP contribution is 2.28. The average molecular weight is 300 g/mol. The average Bonchev–Trinajstić information content (AvgIpc) is 2.82. The van der Waals surface area contributed by atoms with Crippen LogP contribution in [0.2, 0.25) is 0 Å². The Hall–Kier alpha value is -1.67. The molecule has 0 unspecified atom stereocenters. The minimum absolute atomic E-state index is 0.00906. The molecule has 1 aromatic rings. The van der Waals surface area contributed by atoms with Gasteiger partial charge in [0, 0.05) is 19.2 Å². The molecule has 1 aromatic heterocycles. The summed E-state index contributed by atoms with van der Waals surface area (Å²) < 4.78 is 30.9. The summed E-state index contributed by atoms with van der Waals surface area (Å²) in [6.07, 6.45) is 1.22. The lowest BCUT2D eigenvalue weighted by molar-refractivity contribution is -0.142. The first-order valence-corrected chi connectivity index (χ1v) is 7.53. The molecule has 1 fully saturated rings. The van der Waals surface area contributed by atoms with Crippen molar-refractivity contribution in [1.29, 1.82) is 0 Å². The largest absolute Gasteiger partial charge is 0.481 e. The third-order valence-electron chi connectivity index (χ3n) is 3.45. The van der Waals surface area contributed by atoms with E-state index in [-0.39, 0.29) is 23.9 Å². The fourth-order valence-electron chi connectivity index (χ4n) is 2.23.